The molecule has 4 aromatic rings. The molecule has 37 heavy (non-hydrogen) atoms. The normalized spacial score (nSPS) is 18.0. The predicted molar refractivity (Wildman–Crippen MR) is 145 cm³/mol. The first-order valence-corrected chi connectivity index (χ1v) is 13.0. The van der Waals surface area contributed by atoms with Crippen LogP contribution in [0.15, 0.2) is 55.0 Å². The molecule has 6 rings (SSSR count). The fourth-order valence-electron chi connectivity index (χ4n) is 5.54. The Morgan fingerprint density at radius 2 is 1.62 bits per heavy atom. The van der Waals surface area contributed by atoms with E-state index in [0.717, 1.165) is 60.2 Å². The smallest absolute Gasteiger partial charge is 0.168 e. The van der Waals surface area contributed by atoms with Crippen LogP contribution in [0, 0.1) is 12.7 Å². The van der Waals surface area contributed by atoms with Crippen molar-refractivity contribution in [3.8, 4) is 5.69 Å². The maximum absolute atomic E-state index is 13.5. The van der Waals surface area contributed by atoms with Gasteiger partial charge < -0.3 is 15.1 Å². The molecule has 2 saturated heterocycles. The van der Waals surface area contributed by atoms with Crippen molar-refractivity contribution in [2.75, 3.05) is 56.5 Å². The Hall–Kier alpha value is -3.56. The molecule has 192 valence electrons. The second-order valence-corrected chi connectivity index (χ2v) is 10.2. The molecular weight excluding hydrogens is 467 g/mol. The van der Waals surface area contributed by atoms with Crippen LogP contribution in [0.5, 0.6) is 0 Å². The number of nitrogens with zero attached hydrogens (tertiary/aromatic N) is 7. The van der Waals surface area contributed by atoms with Crippen molar-refractivity contribution in [3.05, 3.63) is 66.4 Å². The first-order chi connectivity index (χ1) is 18.0. The van der Waals surface area contributed by atoms with Gasteiger partial charge in [0.15, 0.2) is 5.65 Å². The highest BCUT2D eigenvalue weighted by Crippen LogP contribution is 2.28. The number of aromatic nitrogens is 4. The van der Waals surface area contributed by atoms with Crippen molar-refractivity contribution in [1.82, 2.24) is 29.5 Å². The number of likely N-dealkylation sites (tertiary alicyclic amines) is 1. The van der Waals surface area contributed by atoms with Gasteiger partial charge in [-0.1, -0.05) is 0 Å². The zero-order chi connectivity index (χ0) is 25.4. The van der Waals surface area contributed by atoms with E-state index in [4.69, 9.17) is 0 Å². The molecule has 0 saturated carbocycles. The molecule has 2 fully saturated rings. The van der Waals surface area contributed by atoms with Gasteiger partial charge in [0.1, 0.15) is 18.0 Å². The van der Waals surface area contributed by atoms with Crippen LogP contribution in [-0.2, 0) is 0 Å². The Morgan fingerprint density at radius 1 is 0.892 bits per heavy atom. The van der Waals surface area contributed by atoms with Gasteiger partial charge in [0, 0.05) is 43.6 Å². The molecule has 0 spiro atoms. The summed E-state index contributed by atoms with van der Waals surface area (Å²) < 4.78 is 15.3. The number of hydrogen-bond donors (Lipinski definition) is 1. The fourth-order valence-corrected chi connectivity index (χ4v) is 5.54. The third kappa shape index (κ3) is 4.89. The van der Waals surface area contributed by atoms with Crippen molar-refractivity contribution in [1.29, 1.82) is 0 Å². The third-order valence-corrected chi connectivity index (χ3v) is 7.79. The van der Waals surface area contributed by atoms with E-state index in [0.29, 0.717) is 5.82 Å². The molecule has 0 atom stereocenters. The minimum atomic E-state index is -0.258. The summed E-state index contributed by atoms with van der Waals surface area (Å²) in [6.45, 7) is 8.65. The molecule has 9 heteroatoms. The SMILES string of the molecule is Cc1cc(F)ccc1Nc1ncnc2c1cnn2-c1ccc(N2CCN(C3CCN(C)CC3)CC2)cc1. The van der Waals surface area contributed by atoms with Gasteiger partial charge in [-0.2, -0.15) is 5.10 Å². The van der Waals surface area contributed by atoms with Gasteiger partial charge >= 0.3 is 0 Å². The lowest BCUT2D eigenvalue weighted by molar-refractivity contribution is 0.115. The van der Waals surface area contributed by atoms with E-state index in [2.05, 4.69) is 66.4 Å². The lowest BCUT2D eigenvalue weighted by Gasteiger charge is -2.42. The topological polar surface area (TPSA) is 65.4 Å². The van der Waals surface area contributed by atoms with Crippen molar-refractivity contribution in [2.24, 2.45) is 0 Å². The minimum Gasteiger partial charge on any atom is -0.369 e. The van der Waals surface area contributed by atoms with Gasteiger partial charge in [-0.05, 0) is 87.9 Å². The monoisotopic (exact) mass is 500 g/mol. The second kappa shape index (κ2) is 10.1. The summed E-state index contributed by atoms with van der Waals surface area (Å²) in [5, 5.41) is 8.71. The number of hydrogen-bond acceptors (Lipinski definition) is 7. The highest BCUT2D eigenvalue weighted by atomic mass is 19.1. The van der Waals surface area contributed by atoms with E-state index >= 15 is 0 Å². The summed E-state index contributed by atoms with van der Waals surface area (Å²) in [7, 11) is 2.22. The minimum absolute atomic E-state index is 0.258. The van der Waals surface area contributed by atoms with Crippen LogP contribution < -0.4 is 10.2 Å². The highest BCUT2D eigenvalue weighted by molar-refractivity contribution is 5.89. The average Bonchev–Trinajstić information content (AvgIpc) is 3.36. The maximum atomic E-state index is 13.5. The van der Waals surface area contributed by atoms with Gasteiger partial charge in [0.25, 0.3) is 0 Å². The molecule has 0 unspecified atom stereocenters. The molecule has 0 bridgehead atoms. The Kier molecular flexibility index (Phi) is 6.48. The molecule has 4 heterocycles. The van der Waals surface area contributed by atoms with Crippen LogP contribution in [0.3, 0.4) is 0 Å². The number of anilines is 3. The van der Waals surface area contributed by atoms with Gasteiger partial charge in [0.2, 0.25) is 0 Å². The number of piperazine rings is 1. The molecule has 0 amide bonds. The maximum Gasteiger partial charge on any atom is 0.168 e. The Morgan fingerprint density at radius 3 is 2.35 bits per heavy atom. The summed E-state index contributed by atoms with van der Waals surface area (Å²) >= 11 is 0. The van der Waals surface area contributed by atoms with Gasteiger partial charge in [-0.3, -0.25) is 4.90 Å². The number of fused-ring (bicyclic) bond motifs is 1. The summed E-state index contributed by atoms with van der Waals surface area (Å²) in [6, 6.07) is 14.0. The molecule has 2 aromatic heterocycles. The molecule has 2 aliphatic rings. The van der Waals surface area contributed by atoms with Crippen LogP contribution in [0.4, 0.5) is 21.6 Å². The van der Waals surface area contributed by atoms with Crippen molar-refractivity contribution >= 4 is 28.2 Å². The number of aryl methyl sites for hydroxylation is 1. The predicted octanol–water partition coefficient (Wildman–Crippen LogP) is 4.22. The van der Waals surface area contributed by atoms with Crippen molar-refractivity contribution in [3.63, 3.8) is 0 Å². The van der Waals surface area contributed by atoms with Gasteiger partial charge in [0.05, 0.1) is 17.3 Å². The lowest BCUT2D eigenvalue weighted by atomic mass is 10.0. The number of halogens is 1. The quantitative estimate of drug-likeness (QED) is 0.440. The molecule has 8 nitrogen and oxygen atoms in total. The van der Waals surface area contributed by atoms with Crippen molar-refractivity contribution < 1.29 is 4.39 Å². The van der Waals surface area contributed by atoms with Crippen LogP contribution in [0.1, 0.15) is 18.4 Å². The van der Waals surface area contributed by atoms with E-state index < -0.39 is 0 Å². The Bertz CT molecular complexity index is 1370. The van der Waals surface area contributed by atoms with E-state index in [1.807, 2.05) is 11.6 Å². The largest absolute Gasteiger partial charge is 0.369 e. The van der Waals surface area contributed by atoms with Gasteiger partial charge in [-0.25, -0.2) is 19.0 Å². The van der Waals surface area contributed by atoms with E-state index in [-0.39, 0.29) is 5.82 Å². The van der Waals surface area contributed by atoms with Crippen LogP contribution in [0.2, 0.25) is 0 Å². The molecular formula is C28H33FN8. The molecule has 2 aromatic carbocycles. The lowest BCUT2D eigenvalue weighted by Crippen LogP contribution is -2.53. The van der Waals surface area contributed by atoms with Gasteiger partial charge in [-0.15, -0.1) is 0 Å². The Balaban J connectivity index is 1.15. The van der Waals surface area contributed by atoms with Crippen LogP contribution in [-0.4, -0.2) is 81.9 Å². The standard InChI is InChI=1S/C28H33FN8/c1-20-17-21(29)3-8-26(20)33-27-25-18-32-37(28(25)31-19-30-27)24-6-4-22(5-7-24)35-13-15-36(16-14-35)23-9-11-34(2)12-10-23/h3-8,17-19,23H,9-16H2,1-2H3,(H,30,31,33). The summed E-state index contributed by atoms with van der Waals surface area (Å²) in [6.07, 6.45) is 5.87. The molecule has 0 aliphatic carbocycles. The number of nitrogens with one attached hydrogen (secondary N) is 1. The van der Waals surface area contributed by atoms with E-state index in [1.54, 1.807) is 12.3 Å². The zero-order valence-corrected chi connectivity index (χ0v) is 21.4. The number of benzene rings is 2. The first-order valence-electron chi connectivity index (χ1n) is 13.0. The Labute approximate surface area is 216 Å². The van der Waals surface area contributed by atoms with E-state index in [1.165, 1.54) is 50.1 Å². The van der Waals surface area contributed by atoms with Crippen LogP contribution >= 0.6 is 0 Å². The first kappa shape index (κ1) is 23.8. The summed E-state index contributed by atoms with van der Waals surface area (Å²) in [5.74, 6) is 0.386. The average molecular weight is 501 g/mol. The zero-order valence-electron chi connectivity index (χ0n) is 21.4. The van der Waals surface area contributed by atoms with Crippen molar-refractivity contribution in [2.45, 2.75) is 25.8 Å². The fraction of sp³-hybridized carbons (Fsp3) is 0.393. The second-order valence-electron chi connectivity index (χ2n) is 10.2. The molecule has 0 radical (unpaired) electrons. The highest BCUT2D eigenvalue weighted by Gasteiger charge is 2.26. The third-order valence-electron chi connectivity index (χ3n) is 7.79. The number of piperidine rings is 1. The molecule has 1 N–H and O–H groups in total. The number of rotatable bonds is 5. The summed E-state index contributed by atoms with van der Waals surface area (Å²) in [4.78, 5) is 16.5. The van der Waals surface area contributed by atoms with E-state index in [9.17, 15) is 4.39 Å². The molecule has 2 aliphatic heterocycles. The van der Waals surface area contributed by atoms with Crippen LogP contribution in [0.25, 0.3) is 16.7 Å². The summed E-state index contributed by atoms with van der Waals surface area (Å²) in [5.41, 5.74) is 4.52.